The van der Waals surface area contributed by atoms with Gasteiger partial charge < -0.3 is 5.32 Å². The van der Waals surface area contributed by atoms with Crippen molar-refractivity contribution in [2.75, 3.05) is 0 Å². The van der Waals surface area contributed by atoms with Crippen molar-refractivity contribution in [1.29, 1.82) is 0 Å². The molecule has 5 aromatic carbocycles. The fourth-order valence-electron chi connectivity index (χ4n) is 8.87. The number of benzene rings is 5. The quantitative estimate of drug-likeness (QED) is 0.131. The van der Waals surface area contributed by atoms with Crippen LogP contribution in [0, 0.1) is 31.1 Å². The Morgan fingerprint density at radius 2 is 1.52 bits per heavy atom. The minimum Gasteiger partial charge on any atom is -0.360 e. The third kappa shape index (κ3) is 6.98. The molecule has 56 heavy (non-hydrogen) atoms. The van der Waals surface area contributed by atoms with Crippen LogP contribution in [0.25, 0.3) is 49.9 Å². The maximum absolute atomic E-state index is 5.65. The Labute approximate surface area is 331 Å². The number of amidine groups is 1. The molecule has 3 aliphatic carbocycles. The molecule has 0 saturated heterocycles. The highest BCUT2D eigenvalue weighted by atomic mass is 15.1. The number of rotatable bonds is 7. The van der Waals surface area contributed by atoms with Gasteiger partial charge in [-0.1, -0.05) is 146 Å². The number of nitrogens with one attached hydrogen (secondary N) is 1. The Bertz CT molecular complexity index is 2700. The number of hydrogen-bond acceptors (Lipinski definition) is 2. The molecule has 3 unspecified atom stereocenters. The van der Waals surface area contributed by atoms with Crippen molar-refractivity contribution in [1.82, 2.24) is 5.32 Å². The average Bonchev–Trinajstić information content (AvgIpc) is 3.26. The van der Waals surface area contributed by atoms with Crippen LogP contribution in [0.1, 0.15) is 54.9 Å². The maximum atomic E-state index is 5.65. The molecular formula is C54H46N2. The van der Waals surface area contributed by atoms with Crippen LogP contribution in [-0.4, -0.2) is 11.9 Å². The van der Waals surface area contributed by atoms with E-state index in [1.165, 1.54) is 77.2 Å². The number of hydrogen-bond donors (Lipinski definition) is 1. The minimum absolute atomic E-state index is 0.0703. The number of allylic oxidation sites excluding steroid dienone is 11. The Morgan fingerprint density at radius 1 is 0.750 bits per heavy atom. The zero-order valence-electron chi connectivity index (χ0n) is 32.2. The van der Waals surface area contributed by atoms with Gasteiger partial charge in [0.2, 0.25) is 0 Å². The van der Waals surface area contributed by atoms with Gasteiger partial charge in [0.25, 0.3) is 0 Å². The molecule has 0 saturated carbocycles. The highest BCUT2D eigenvalue weighted by Gasteiger charge is 2.27. The third-order valence-corrected chi connectivity index (χ3v) is 11.8. The van der Waals surface area contributed by atoms with Crippen molar-refractivity contribution in [2.45, 2.75) is 45.6 Å². The summed E-state index contributed by atoms with van der Waals surface area (Å²) in [5.74, 6) is 4.41. The van der Waals surface area contributed by atoms with Crippen molar-refractivity contribution in [2.24, 2.45) is 16.8 Å². The summed E-state index contributed by atoms with van der Waals surface area (Å²) >= 11 is 0. The molecule has 1 heterocycles. The first kappa shape index (κ1) is 35.3. The summed E-state index contributed by atoms with van der Waals surface area (Å²) < 4.78 is 0. The lowest BCUT2D eigenvalue weighted by Crippen LogP contribution is -2.40. The van der Waals surface area contributed by atoms with Crippen molar-refractivity contribution in [3.05, 3.63) is 197 Å². The third-order valence-electron chi connectivity index (χ3n) is 11.8. The Kier molecular flexibility index (Phi) is 9.68. The van der Waals surface area contributed by atoms with Crippen LogP contribution in [0.5, 0.6) is 0 Å². The van der Waals surface area contributed by atoms with Gasteiger partial charge in [-0.25, -0.2) is 4.99 Å². The van der Waals surface area contributed by atoms with Crippen molar-refractivity contribution < 1.29 is 0 Å². The summed E-state index contributed by atoms with van der Waals surface area (Å²) in [6.07, 6.45) is 34.2. The van der Waals surface area contributed by atoms with Crippen molar-refractivity contribution >= 4 is 44.6 Å². The van der Waals surface area contributed by atoms with E-state index in [0.717, 1.165) is 37.2 Å². The second-order valence-corrected chi connectivity index (χ2v) is 15.5. The van der Waals surface area contributed by atoms with E-state index in [0.29, 0.717) is 5.92 Å². The first-order chi connectivity index (χ1) is 27.5. The van der Waals surface area contributed by atoms with Crippen LogP contribution >= 0.6 is 0 Å². The Morgan fingerprint density at radius 3 is 2.38 bits per heavy atom. The lowest BCUT2D eigenvalue weighted by Gasteiger charge is -2.31. The smallest absolute Gasteiger partial charge is 0.130 e. The molecule has 2 nitrogen and oxygen atoms in total. The molecule has 3 atom stereocenters. The molecule has 2 heteroatoms. The molecule has 4 aliphatic rings. The van der Waals surface area contributed by atoms with E-state index < -0.39 is 0 Å². The molecular weight excluding hydrogens is 677 g/mol. The normalized spacial score (nSPS) is 20.8. The lowest BCUT2D eigenvalue weighted by molar-refractivity contribution is 0.681. The van der Waals surface area contributed by atoms with E-state index in [4.69, 9.17) is 11.4 Å². The second-order valence-electron chi connectivity index (χ2n) is 15.5. The number of nitrogens with zero attached hydrogens (tertiary/aromatic N) is 1. The van der Waals surface area contributed by atoms with Crippen LogP contribution in [0.3, 0.4) is 0 Å². The van der Waals surface area contributed by atoms with Crippen LogP contribution in [-0.2, 0) is 0 Å². The highest BCUT2D eigenvalue weighted by Crippen LogP contribution is 2.39. The van der Waals surface area contributed by atoms with Gasteiger partial charge in [0.15, 0.2) is 0 Å². The van der Waals surface area contributed by atoms with Crippen molar-refractivity contribution in [3.63, 3.8) is 0 Å². The fourth-order valence-corrected chi connectivity index (χ4v) is 8.87. The zero-order valence-corrected chi connectivity index (χ0v) is 32.2. The fraction of sp³-hybridized carbons (Fsp3) is 0.167. The van der Waals surface area contributed by atoms with Gasteiger partial charge in [-0.15, -0.1) is 6.42 Å². The summed E-state index contributed by atoms with van der Waals surface area (Å²) in [5, 5.41) is 8.89. The molecule has 0 aromatic heterocycles. The van der Waals surface area contributed by atoms with Crippen LogP contribution in [0.2, 0.25) is 0 Å². The molecule has 1 aliphatic heterocycles. The lowest BCUT2D eigenvalue weighted by atomic mass is 9.84. The summed E-state index contributed by atoms with van der Waals surface area (Å²) in [6.45, 7) is 4.48. The van der Waals surface area contributed by atoms with Gasteiger partial charge in [0.1, 0.15) is 5.84 Å². The van der Waals surface area contributed by atoms with Crippen molar-refractivity contribution in [3.8, 4) is 23.5 Å². The molecule has 1 N–H and O–H groups in total. The van der Waals surface area contributed by atoms with Gasteiger partial charge in [-0.3, -0.25) is 0 Å². The van der Waals surface area contributed by atoms with E-state index in [-0.39, 0.29) is 12.0 Å². The number of fused-ring (bicyclic) bond motifs is 3. The van der Waals surface area contributed by atoms with E-state index in [9.17, 15) is 0 Å². The second kappa shape index (κ2) is 15.4. The zero-order chi connectivity index (χ0) is 38.0. The van der Waals surface area contributed by atoms with Gasteiger partial charge in [-0.05, 0) is 146 Å². The topological polar surface area (TPSA) is 24.4 Å². The van der Waals surface area contributed by atoms with Gasteiger partial charge >= 0.3 is 0 Å². The molecule has 272 valence electrons. The highest BCUT2D eigenvalue weighted by molar-refractivity contribution is 6.13. The van der Waals surface area contributed by atoms with Crippen LogP contribution < -0.4 is 5.32 Å². The largest absolute Gasteiger partial charge is 0.360 e. The monoisotopic (exact) mass is 722 g/mol. The minimum atomic E-state index is 0.0703. The first-order valence-corrected chi connectivity index (χ1v) is 20.0. The maximum Gasteiger partial charge on any atom is 0.130 e. The molecule has 0 fully saturated rings. The predicted molar refractivity (Wildman–Crippen MR) is 240 cm³/mol. The van der Waals surface area contributed by atoms with Gasteiger partial charge in [0.05, 0.1) is 6.04 Å². The molecule has 0 radical (unpaired) electrons. The molecule has 0 spiro atoms. The van der Waals surface area contributed by atoms with E-state index in [1.807, 2.05) is 0 Å². The number of aryl methyl sites for hydroxylation is 1. The van der Waals surface area contributed by atoms with Gasteiger partial charge in [-0.2, -0.15) is 0 Å². The number of terminal acetylenes is 1. The average molecular weight is 723 g/mol. The molecule has 5 aromatic rings. The van der Waals surface area contributed by atoms with E-state index in [1.54, 1.807) is 6.08 Å². The summed E-state index contributed by atoms with van der Waals surface area (Å²) in [6, 6.07) is 35.5. The number of aliphatic imine (C=N–C) groups is 1. The summed E-state index contributed by atoms with van der Waals surface area (Å²) in [7, 11) is 0. The van der Waals surface area contributed by atoms with E-state index >= 15 is 0 Å². The van der Waals surface area contributed by atoms with Crippen LogP contribution in [0.15, 0.2) is 180 Å². The first-order valence-electron chi connectivity index (χ1n) is 20.0. The standard InChI is InChI=1S/C54H46N2/c1-4-5-25-47-37(3)48-26-9-10-27-49(48)51-34-43(28-29-50(47)51)41-20-12-19-40(31-41)42-21-14-23-45(33-42)53-35-52(55-54(56-53)46-24-11-15-36(2)30-46)44-22-13-18-39(32-44)38-16-7-6-8-17-38/h1,5-13,15-22,24-29,31,33-36,44,53H,14,23,30,32H2,2-3H3,(H,55,56)/b25-5-. The molecule has 0 amide bonds. The van der Waals surface area contributed by atoms with Crippen LogP contribution in [0.4, 0.5) is 0 Å². The Hall–Kier alpha value is -6.43. The predicted octanol–water partition coefficient (Wildman–Crippen LogP) is 13.2. The summed E-state index contributed by atoms with van der Waals surface area (Å²) in [4.78, 5) is 5.36. The SMILES string of the molecule is C#C/C=C\c1c(C)c2ccccc2c2cc(-c3cccc(C4=CCCC(C5C=C(C6C=CC=C(c7ccccc7)C6)N=C(C6=CC=CC(C)C6)N5)=C4)c3)ccc12. The Balaban J connectivity index is 1.05. The summed E-state index contributed by atoms with van der Waals surface area (Å²) in [5.41, 5.74) is 13.8. The molecule has 0 bridgehead atoms. The molecule has 9 rings (SSSR count). The van der Waals surface area contributed by atoms with Gasteiger partial charge in [0, 0.05) is 11.6 Å². The van der Waals surface area contributed by atoms with E-state index in [2.05, 4.69) is 183 Å².